The van der Waals surface area contributed by atoms with E-state index in [0.29, 0.717) is 25.2 Å². The topological polar surface area (TPSA) is 44.8 Å². The van der Waals surface area contributed by atoms with Crippen LogP contribution in [0.3, 0.4) is 0 Å². The Morgan fingerprint density at radius 2 is 1.56 bits per heavy atom. The van der Waals surface area contributed by atoms with Crippen molar-refractivity contribution in [3.8, 4) is 0 Å². The lowest BCUT2D eigenvalue weighted by Gasteiger charge is -2.41. The number of esters is 1. The standard InChI is InChI=1S/C27H38O4Si/c1-8-29-26(28)21(2)19-24(30-20-22-15-11-9-12-16-22)25(23-17-13-10-14-18-23)31-32(6,7)27(3,4)5/h9-18,24-25H,2,8,19-20H2,1,3-7H3/t24-,25-/m0/s1. The Morgan fingerprint density at radius 3 is 2.09 bits per heavy atom. The Balaban J connectivity index is 2.39. The van der Waals surface area contributed by atoms with Crippen molar-refractivity contribution in [2.24, 2.45) is 0 Å². The van der Waals surface area contributed by atoms with E-state index in [-0.39, 0.29) is 23.2 Å². The van der Waals surface area contributed by atoms with E-state index < -0.39 is 8.32 Å². The molecule has 0 aromatic heterocycles. The minimum absolute atomic E-state index is 0.0299. The molecule has 0 spiro atoms. The summed E-state index contributed by atoms with van der Waals surface area (Å²) in [6, 6.07) is 20.2. The van der Waals surface area contributed by atoms with Crippen molar-refractivity contribution in [2.75, 3.05) is 6.61 Å². The van der Waals surface area contributed by atoms with Gasteiger partial charge in [-0.3, -0.25) is 0 Å². The largest absolute Gasteiger partial charge is 0.463 e. The van der Waals surface area contributed by atoms with Crippen LogP contribution in [0, 0.1) is 0 Å². The Kier molecular flexibility index (Phi) is 9.43. The molecule has 2 aromatic rings. The number of carbonyl (C=O) groups is 1. The average molecular weight is 455 g/mol. The first-order chi connectivity index (χ1) is 15.0. The number of carbonyl (C=O) groups excluding carboxylic acids is 1. The van der Waals surface area contributed by atoms with E-state index in [1.807, 2.05) is 48.5 Å². The second kappa shape index (κ2) is 11.6. The zero-order valence-corrected chi connectivity index (χ0v) is 21.4. The van der Waals surface area contributed by atoms with Gasteiger partial charge in [-0.2, -0.15) is 0 Å². The Labute approximate surface area is 194 Å². The SMILES string of the molecule is C=C(C[C@H](OCc1ccccc1)[C@@H](O[Si](C)(C)C(C)(C)C)c1ccccc1)C(=O)OCC. The van der Waals surface area contributed by atoms with E-state index in [1.54, 1.807) is 6.92 Å². The van der Waals surface area contributed by atoms with Crippen LogP contribution in [0.15, 0.2) is 72.8 Å². The summed E-state index contributed by atoms with van der Waals surface area (Å²) in [5.74, 6) is -0.389. The molecular formula is C27H38O4Si. The molecule has 0 saturated heterocycles. The highest BCUT2D eigenvalue weighted by atomic mass is 28.4. The first kappa shape index (κ1) is 26.0. The van der Waals surface area contributed by atoms with Crippen molar-refractivity contribution >= 4 is 14.3 Å². The van der Waals surface area contributed by atoms with Crippen molar-refractivity contribution in [3.63, 3.8) is 0 Å². The third-order valence-corrected chi connectivity index (χ3v) is 10.5. The molecule has 0 aliphatic heterocycles. The molecule has 0 unspecified atom stereocenters. The second-order valence-electron chi connectivity index (χ2n) is 9.57. The molecule has 0 aliphatic carbocycles. The van der Waals surface area contributed by atoms with Gasteiger partial charge in [0.05, 0.1) is 25.4 Å². The fourth-order valence-electron chi connectivity index (χ4n) is 3.09. The van der Waals surface area contributed by atoms with Crippen molar-refractivity contribution in [1.29, 1.82) is 0 Å². The molecule has 174 valence electrons. The summed E-state index contributed by atoms with van der Waals surface area (Å²) in [7, 11) is -2.14. The lowest BCUT2D eigenvalue weighted by Crippen LogP contribution is -2.44. The molecule has 0 N–H and O–H groups in total. The number of hydrogen-bond acceptors (Lipinski definition) is 4. The van der Waals surface area contributed by atoms with Crippen LogP contribution in [0.5, 0.6) is 0 Å². The lowest BCUT2D eigenvalue weighted by molar-refractivity contribution is -0.139. The van der Waals surface area contributed by atoms with Crippen LogP contribution in [-0.4, -0.2) is 27.0 Å². The minimum Gasteiger partial charge on any atom is -0.463 e. The number of rotatable bonds is 11. The molecule has 2 rings (SSSR count). The minimum atomic E-state index is -2.14. The molecule has 5 heteroatoms. The molecule has 32 heavy (non-hydrogen) atoms. The summed E-state index contributed by atoms with van der Waals surface area (Å²) in [6.45, 7) is 17.7. The van der Waals surface area contributed by atoms with Crippen molar-refractivity contribution in [2.45, 2.75) is 71.1 Å². The van der Waals surface area contributed by atoms with E-state index in [9.17, 15) is 4.79 Å². The highest BCUT2D eigenvalue weighted by Crippen LogP contribution is 2.42. The van der Waals surface area contributed by atoms with Gasteiger partial charge >= 0.3 is 5.97 Å². The van der Waals surface area contributed by atoms with Crippen LogP contribution in [0.25, 0.3) is 0 Å². The van der Waals surface area contributed by atoms with Crippen LogP contribution in [-0.2, 0) is 25.3 Å². The summed E-state index contributed by atoms with van der Waals surface area (Å²) in [5, 5.41) is 0.0299. The van der Waals surface area contributed by atoms with Gasteiger partial charge in [-0.05, 0) is 36.2 Å². The van der Waals surface area contributed by atoms with Crippen molar-refractivity contribution in [3.05, 3.63) is 83.9 Å². The highest BCUT2D eigenvalue weighted by Gasteiger charge is 2.41. The van der Waals surface area contributed by atoms with Crippen LogP contribution < -0.4 is 0 Å². The highest BCUT2D eigenvalue weighted by molar-refractivity contribution is 6.74. The van der Waals surface area contributed by atoms with E-state index in [0.717, 1.165) is 11.1 Å². The first-order valence-electron chi connectivity index (χ1n) is 11.3. The van der Waals surface area contributed by atoms with Gasteiger partial charge in [-0.15, -0.1) is 0 Å². The fraction of sp³-hybridized carbons (Fsp3) is 0.444. The summed E-state index contributed by atoms with van der Waals surface area (Å²) >= 11 is 0. The number of ether oxygens (including phenoxy) is 2. The molecule has 0 fully saturated rings. The molecule has 2 atom stereocenters. The predicted molar refractivity (Wildman–Crippen MR) is 133 cm³/mol. The molecule has 0 amide bonds. The van der Waals surface area contributed by atoms with Crippen molar-refractivity contribution < 1.29 is 18.7 Å². The normalized spacial score (nSPS) is 13.9. The Morgan fingerprint density at radius 1 is 1.00 bits per heavy atom. The van der Waals surface area contributed by atoms with Crippen molar-refractivity contribution in [1.82, 2.24) is 0 Å². The zero-order valence-electron chi connectivity index (χ0n) is 20.4. The third-order valence-electron chi connectivity index (χ3n) is 6.01. The molecular weight excluding hydrogens is 416 g/mol. The molecule has 0 radical (unpaired) electrons. The van der Waals surface area contributed by atoms with Gasteiger partial charge in [0.1, 0.15) is 0 Å². The second-order valence-corrected chi connectivity index (χ2v) is 14.3. The van der Waals surface area contributed by atoms with Gasteiger partial charge in [0.2, 0.25) is 0 Å². The Bertz CT molecular complexity index is 856. The van der Waals surface area contributed by atoms with E-state index in [4.69, 9.17) is 13.9 Å². The quantitative estimate of drug-likeness (QED) is 0.212. The maximum Gasteiger partial charge on any atom is 0.333 e. The molecule has 2 aromatic carbocycles. The molecule has 4 nitrogen and oxygen atoms in total. The van der Waals surface area contributed by atoms with Gasteiger partial charge in [0, 0.05) is 12.0 Å². The van der Waals surface area contributed by atoms with Gasteiger partial charge in [0.15, 0.2) is 8.32 Å². The summed E-state index contributed by atoms with van der Waals surface area (Å²) in [5.41, 5.74) is 2.50. The fourth-order valence-corrected chi connectivity index (χ4v) is 4.36. The van der Waals surface area contributed by atoms with E-state index in [1.165, 1.54) is 0 Å². The molecule has 0 aliphatic rings. The first-order valence-corrected chi connectivity index (χ1v) is 14.2. The zero-order chi connectivity index (χ0) is 23.8. The molecule has 0 bridgehead atoms. The monoisotopic (exact) mass is 454 g/mol. The number of hydrogen-bond donors (Lipinski definition) is 0. The maximum absolute atomic E-state index is 12.3. The maximum atomic E-state index is 12.3. The average Bonchev–Trinajstić information content (AvgIpc) is 2.75. The molecule has 0 heterocycles. The van der Waals surface area contributed by atoms with Gasteiger partial charge < -0.3 is 13.9 Å². The van der Waals surface area contributed by atoms with Crippen LogP contribution in [0.4, 0.5) is 0 Å². The van der Waals surface area contributed by atoms with Crippen LogP contribution in [0.2, 0.25) is 18.1 Å². The molecule has 0 saturated carbocycles. The van der Waals surface area contributed by atoms with E-state index in [2.05, 4.69) is 52.6 Å². The summed E-state index contributed by atoms with van der Waals surface area (Å²) < 4.78 is 18.5. The van der Waals surface area contributed by atoms with Gasteiger partial charge in [0.25, 0.3) is 0 Å². The van der Waals surface area contributed by atoms with Gasteiger partial charge in [-0.1, -0.05) is 88.0 Å². The lowest BCUT2D eigenvalue weighted by atomic mass is 9.98. The smallest absolute Gasteiger partial charge is 0.333 e. The Hall–Kier alpha value is -2.21. The van der Waals surface area contributed by atoms with Crippen LogP contribution >= 0.6 is 0 Å². The number of benzene rings is 2. The van der Waals surface area contributed by atoms with Gasteiger partial charge in [-0.25, -0.2) is 4.79 Å². The van der Waals surface area contributed by atoms with E-state index >= 15 is 0 Å². The van der Waals surface area contributed by atoms with Crippen LogP contribution in [0.1, 0.15) is 51.3 Å². The third kappa shape index (κ3) is 7.43. The predicted octanol–water partition coefficient (Wildman–Crippen LogP) is 6.84. The summed E-state index contributed by atoms with van der Waals surface area (Å²) in [4.78, 5) is 12.3. The summed E-state index contributed by atoms with van der Waals surface area (Å²) in [6.07, 6.45) is -0.379.